The zero-order valence-electron chi connectivity index (χ0n) is 8.14. The Hall–Kier alpha value is -1.53. The van der Waals surface area contributed by atoms with Crippen LogP contribution in [0.4, 0.5) is 26.3 Å². The summed E-state index contributed by atoms with van der Waals surface area (Å²) in [5.74, 6) is -2.54. The van der Waals surface area contributed by atoms with Gasteiger partial charge in [-0.2, -0.15) is 26.3 Å². The molecule has 1 aromatic rings. The van der Waals surface area contributed by atoms with Gasteiger partial charge in [-0.05, 0) is 11.6 Å². The van der Waals surface area contributed by atoms with E-state index in [1.165, 1.54) is 0 Å². The van der Waals surface area contributed by atoms with Crippen LogP contribution in [0.5, 0.6) is 0 Å². The van der Waals surface area contributed by atoms with Gasteiger partial charge in [0, 0.05) is 0 Å². The molecule has 1 nitrogen and oxygen atoms in total. The van der Waals surface area contributed by atoms with Crippen LogP contribution in [0.25, 0.3) is 0 Å². The third-order valence-electron chi connectivity index (χ3n) is 2.06. The lowest BCUT2D eigenvalue weighted by molar-refractivity contribution is -0.156. The maximum absolute atomic E-state index is 12.3. The Bertz CT molecular complexity index is 406. The van der Waals surface area contributed by atoms with E-state index in [-0.39, 0.29) is 0 Å². The van der Waals surface area contributed by atoms with Crippen molar-refractivity contribution in [3.8, 4) is 0 Å². The quantitative estimate of drug-likeness (QED) is 0.584. The van der Waals surface area contributed by atoms with Gasteiger partial charge in [0.15, 0.2) is 0 Å². The second kappa shape index (κ2) is 4.38. The summed E-state index contributed by atoms with van der Waals surface area (Å²) in [6.07, 6.45) is -10.1. The van der Waals surface area contributed by atoms with Crippen LogP contribution in [-0.2, 0) is 11.0 Å². The van der Waals surface area contributed by atoms with E-state index in [1.54, 1.807) is 0 Å². The molecule has 1 unspecified atom stereocenters. The topological polar surface area (TPSA) is 17.1 Å². The molecule has 17 heavy (non-hydrogen) atoms. The molecule has 0 saturated carbocycles. The Morgan fingerprint density at radius 1 is 1.06 bits per heavy atom. The van der Waals surface area contributed by atoms with Crippen molar-refractivity contribution < 1.29 is 31.1 Å². The van der Waals surface area contributed by atoms with E-state index in [0.717, 1.165) is 12.1 Å². The van der Waals surface area contributed by atoms with Crippen LogP contribution in [0.1, 0.15) is 17.0 Å². The highest BCUT2D eigenvalue weighted by molar-refractivity contribution is 5.63. The number of hydrogen-bond acceptors (Lipinski definition) is 1. The Labute approximate surface area is 92.0 Å². The van der Waals surface area contributed by atoms with E-state index in [9.17, 15) is 31.1 Å². The first kappa shape index (κ1) is 13.5. The first-order chi connectivity index (χ1) is 7.66. The third kappa shape index (κ3) is 3.21. The van der Waals surface area contributed by atoms with Crippen LogP contribution in [0.15, 0.2) is 24.3 Å². The summed E-state index contributed by atoms with van der Waals surface area (Å²) in [5, 5.41) is 0. The molecule has 0 radical (unpaired) electrons. The summed E-state index contributed by atoms with van der Waals surface area (Å²) in [6.45, 7) is 0. The molecular weight excluding hydrogens is 250 g/mol. The van der Waals surface area contributed by atoms with Crippen LogP contribution in [-0.4, -0.2) is 12.5 Å². The second-order valence-corrected chi connectivity index (χ2v) is 3.28. The van der Waals surface area contributed by atoms with E-state index in [0.29, 0.717) is 12.1 Å². The summed E-state index contributed by atoms with van der Waals surface area (Å²) >= 11 is 0. The summed E-state index contributed by atoms with van der Waals surface area (Å²) in [5.41, 5.74) is -1.94. The molecule has 0 fully saturated rings. The van der Waals surface area contributed by atoms with Crippen molar-refractivity contribution in [3.63, 3.8) is 0 Å². The predicted molar refractivity (Wildman–Crippen MR) is 46.3 cm³/mol. The summed E-state index contributed by atoms with van der Waals surface area (Å²) in [6, 6.07) is 2.64. The molecule has 94 valence electrons. The van der Waals surface area contributed by atoms with Crippen molar-refractivity contribution in [3.05, 3.63) is 35.4 Å². The molecule has 0 saturated heterocycles. The molecular formula is C10H6F6O. The van der Waals surface area contributed by atoms with Gasteiger partial charge < -0.3 is 4.79 Å². The van der Waals surface area contributed by atoms with Crippen LogP contribution in [0.3, 0.4) is 0 Å². The first-order valence-electron chi connectivity index (χ1n) is 4.35. The molecule has 0 heterocycles. The maximum atomic E-state index is 12.3. The van der Waals surface area contributed by atoms with Gasteiger partial charge in [0.1, 0.15) is 12.2 Å². The minimum absolute atomic E-state index is 0.326. The number of carbonyl (C=O) groups is 1. The zero-order valence-corrected chi connectivity index (χ0v) is 8.14. The van der Waals surface area contributed by atoms with Gasteiger partial charge in [-0.1, -0.05) is 18.2 Å². The molecule has 1 atom stereocenters. The summed E-state index contributed by atoms with van der Waals surface area (Å²) in [7, 11) is 0. The summed E-state index contributed by atoms with van der Waals surface area (Å²) in [4.78, 5) is 10.3. The van der Waals surface area contributed by atoms with Gasteiger partial charge in [-0.15, -0.1) is 0 Å². The number of alkyl halides is 6. The Morgan fingerprint density at radius 3 is 2.06 bits per heavy atom. The fourth-order valence-corrected chi connectivity index (χ4v) is 1.25. The average Bonchev–Trinajstić information content (AvgIpc) is 2.15. The van der Waals surface area contributed by atoms with Gasteiger partial charge in [0.2, 0.25) is 0 Å². The van der Waals surface area contributed by atoms with E-state index < -0.39 is 35.7 Å². The normalized spacial score (nSPS) is 14.5. The average molecular weight is 256 g/mol. The molecule has 7 heteroatoms. The molecule has 0 aliphatic carbocycles. The van der Waals surface area contributed by atoms with Gasteiger partial charge in [0.05, 0.1) is 5.56 Å². The largest absolute Gasteiger partial charge is 0.416 e. The van der Waals surface area contributed by atoms with E-state index in [2.05, 4.69) is 0 Å². The SMILES string of the molecule is O=CC(c1cccc(C(F)(F)F)c1)C(F)(F)F. The van der Waals surface area contributed by atoms with Crippen molar-refractivity contribution in [1.29, 1.82) is 0 Å². The molecule has 0 spiro atoms. The molecule has 1 aromatic carbocycles. The van der Waals surface area contributed by atoms with Crippen LogP contribution < -0.4 is 0 Å². The first-order valence-corrected chi connectivity index (χ1v) is 4.35. The molecule has 0 N–H and O–H groups in total. The smallest absolute Gasteiger partial charge is 0.302 e. The lowest BCUT2D eigenvalue weighted by Crippen LogP contribution is -2.22. The van der Waals surface area contributed by atoms with Crippen LogP contribution in [0.2, 0.25) is 0 Å². The molecule has 0 aromatic heterocycles. The predicted octanol–water partition coefficient (Wildman–Crippen LogP) is 3.55. The second-order valence-electron chi connectivity index (χ2n) is 3.28. The van der Waals surface area contributed by atoms with Gasteiger partial charge >= 0.3 is 12.4 Å². The van der Waals surface area contributed by atoms with E-state index >= 15 is 0 Å². The van der Waals surface area contributed by atoms with Crippen LogP contribution >= 0.6 is 0 Å². The number of rotatable bonds is 2. The molecule has 0 bridgehead atoms. The van der Waals surface area contributed by atoms with Crippen molar-refractivity contribution in [2.75, 3.05) is 0 Å². The Kier molecular flexibility index (Phi) is 3.49. The number of carbonyl (C=O) groups excluding carboxylic acids is 1. The Morgan fingerprint density at radius 2 is 1.65 bits per heavy atom. The van der Waals surface area contributed by atoms with Gasteiger partial charge in [-0.3, -0.25) is 0 Å². The highest BCUT2D eigenvalue weighted by Crippen LogP contribution is 2.36. The van der Waals surface area contributed by atoms with E-state index in [4.69, 9.17) is 0 Å². The standard InChI is InChI=1S/C10H6F6O/c11-9(12,13)7-3-1-2-6(4-7)8(5-17)10(14,15)16/h1-5,8H. The zero-order chi connectivity index (χ0) is 13.3. The van der Waals surface area contributed by atoms with Crippen molar-refractivity contribution in [2.45, 2.75) is 18.3 Å². The fraction of sp³-hybridized carbons (Fsp3) is 0.300. The highest BCUT2D eigenvalue weighted by atomic mass is 19.4. The molecule has 0 aliphatic rings. The minimum Gasteiger partial charge on any atom is -0.302 e. The number of benzene rings is 1. The van der Waals surface area contributed by atoms with Crippen LogP contribution in [0, 0.1) is 0 Å². The van der Waals surface area contributed by atoms with Crippen molar-refractivity contribution in [1.82, 2.24) is 0 Å². The minimum atomic E-state index is -4.90. The van der Waals surface area contributed by atoms with Crippen molar-refractivity contribution in [2.24, 2.45) is 0 Å². The number of halogens is 6. The van der Waals surface area contributed by atoms with E-state index in [1.807, 2.05) is 0 Å². The maximum Gasteiger partial charge on any atom is 0.416 e. The van der Waals surface area contributed by atoms with Gasteiger partial charge in [0.25, 0.3) is 0 Å². The highest BCUT2D eigenvalue weighted by Gasteiger charge is 2.41. The lowest BCUT2D eigenvalue weighted by Gasteiger charge is -2.16. The number of hydrogen-bond donors (Lipinski definition) is 0. The molecule has 0 aliphatic heterocycles. The lowest BCUT2D eigenvalue weighted by atomic mass is 9.98. The molecule has 1 rings (SSSR count). The fourth-order valence-electron chi connectivity index (χ4n) is 1.25. The third-order valence-corrected chi connectivity index (χ3v) is 2.06. The van der Waals surface area contributed by atoms with Crippen molar-refractivity contribution >= 4 is 6.29 Å². The Balaban J connectivity index is 3.19. The monoisotopic (exact) mass is 256 g/mol. The summed E-state index contributed by atoms with van der Waals surface area (Å²) < 4.78 is 73.8. The number of aldehydes is 1. The van der Waals surface area contributed by atoms with Gasteiger partial charge in [-0.25, -0.2) is 0 Å². The molecule has 0 amide bonds.